The van der Waals surface area contributed by atoms with E-state index in [1.165, 1.54) is 0 Å². The average Bonchev–Trinajstić information content (AvgIpc) is 1.65. The lowest BCUT2D eigenvalue weighted by atomic mass is 10.2. The summed E-state index contributed by atoms with van der Waals surface area (Å²) in [5, 5.41) is 8.68. The summed E-state index contributed by atoms with van der Waals surface area (Å²) in [5.74, 6) is 0.220. The molecule has 0 aromatic heterocycles. The van der Waals surface area contributed by atoms with Crippen LogP contribution in [0.15, 0.2) is 0 Å². The van der Waals surface area contributed by atoms with E-state index in [-0.39, 0.29) is 11.9 Å². The minimum atomic E-state index is -0.554. The third-order valence-corrected chi connectivity index (χ3v) is 1.08. The first-order valence-electron chi connectivity index (χ1n) is 2.18. The van der Waals surface area contributed by atoms with Gasteiger partial charge < -0.3 is 10.8 Å². The predicted molar refractivity (Wildman–Crippen MR) is 30.4 cm³/mol. The molecule has 3 heteroatoms. The van der Waals surface area contributed by atoms with Gasteiger partial charge >= 0.3 is 0 Å². The smallest absolute Gasteiger partial charge is 0.0823 e. The zero-order valence-electron chi connectivity index (χ0n) is 4.26. The Hall–Kier alpha value is 0.210. The van der Waals surface area contributed by atoms with Gasteiger partial charge in [0.05, 0.1) is 6.10 Å². The molecule has 0 amide bonds. The quantitative estimate of drug-likeness (QED) is 0.505. The Morgan fingerprint density at radius 3 is 2.29 bits per heavy atom. The van der Waals surface area contributed by atoms with Crippen molar-refractivity contribution >= 4 is 11.6 Å². The number of hydrogen-bond acceptors (Lipinski definition) is 2. The zero-order valence-corrected chi connectivity index (χ0v) is 5.02. The summed E-state index contributed by atoms with van der Waals surface area (Å²) in [6.07, 6.45) is -0.554. The van der Waals surface area contributed by atoms with Crippen molar-refractivity contribution in [2.75, 3.05) is 5.88 Å². The maximum Gasteiger partial charge on any atom is 0.0823 e. The summed E-state index contributed by atoms with van der Waals surface area (Å²) < 4.78 is 0. The van der Waals surface area contributed by atoms with Crippen molar-refractivity contribution < 1.29 is 5.11 Å². The molecule has 0 radical (unpaired) electrons. The van der Waals surface area contributed by atoms with Crippen molar-refractivity contribution in [1.29, 1.82) is 0 Å². The summed E-state index contributed by atoms with van der Waals surface area (Å²) in [4.78, 5) is 0. The van der Waals surface area contributed by atoms with E-state index in [9.17, 15) is 0 Å². The lowest BCUT2D eigenvalue weighted by Gasteiger charge is -2.08. The van der Waals surface area contributed by atoms with Gasteiger partial charge in [-0.05, 0) is 6.92 Å². The van der Waals surface area contributed by atoms with Gasteiger partial charge in [0.1, 0.15) is 0 Å². The van der Waals surface area contributed by atoms with E-state index >= 15 is 0 Å². The van der Waals surface area contributed by atoms with Gasteiger partial charge in [-0.3, -0.25) is 0 Å². The van der Waals surface area contributed by atoms with Crippen LogP contribution in [0.4, 0.5) is 0 Å². The SMILES string of the molecule is C[C@H](N)[C@H](O)CCl. The second kappa shape index (κ2) is 3.24. The van der Waals surface area contributed by atoms with Crippen LogP contribution in [0.25, 0.3) is 0 Å². The summed E-state index contributed by atoms with van der Waals surface area (Å²) in [6.45, 7) is 1.72. The van der Waals surface area contributed by atoms with Crippen LogP contribution in [0.2, 0.25) is 0 Å². The van der Waals surface area contributed by atoms with Crippen molar-refractivity contribution in [3.63, 3.8) is 0 Å². The Kier molecular flexibility index (Phi) is 3.34. The number of hydrogen-bond donors (Lipinski definition) is 2. The highest BCUT2D eigenvalue weighted by molar-refractivity contribution is 6.18. The Bertz CT molecular complexity index is 49.0. The Balaban J connectivity index is 3.14. The van der Waals surface area contributed by atoms with Gasteiger partial charge in [-0.25, -0.2) is 0 Å². The van der Waals surface area contributed by atoms with E-state index in [0.29, 0.717) is 0 Å². The van der Waals surface area contributed by atoms with Crippen LogP contribution < -0.4 is 5.73 Å². The van der Waals surface area contributed by atoms with E-state index in [2.05, 4.69) is 0 Å². The van der Waals surface area contributed by atoms with Gasteiger partial charge in [-0.2, -0.15) is 0 Å². The van der Waals surface area contributed by atoms with E-state index < -0.39 is 6.10 Å². The number of rotatable bonds is 2. The standard InChI is InChI=1S/C4H10ClNO/c1-3(6)4(7)2-5/h3-4,7H,2,6H2,1H3/t3-,4+/m0/s1. The second-order valence-corrected chi connectivity index (χ2v) is 1.89. The number of alkyl halides is 1. The van der Waals surface area contributed by atoms with Crippen molar-refractivity contribution in [3.8, 4) is 0 Å². The molecular weight excluding hydrogens is 114 g/mol. The molecule has 0 unspecified atom stereocenters. The lowest BCUT2D eigenvalue weighted by Crippen LogP contribution is -2.32. The Morgan fingerprint density at radius 1 is 1.86 bits per heavy atom. The minimum Gasteiger partial charge on any atom is -0.390 e. The van der Waals surface area contributed by atoms with Gasteiger partial charge in [0.2, 0.25) is 0 Å². The molecule has 44 valence electrons. The van der Waals surface area contributed by atoms with Gasteiger partial charge in [0, 0.05) is 11.9 Å². The van der Waals surface area contributed by atoms with Crippen LogP contribution >= 0.6 is 11.6 Å². The topological polar surface area (TPSA) is 46.2 Å². The predicted octanol–water partition coefficient (Wildman–Crippen LogP) is -0.0667. The molecule has 0 aromatic rings. The van der Waals surface area contributed by atoms with E-state index in [4.69, 9.17) is 22.4 Å². The molecule has 0 aromatic carbocycles. The maximum atomic E-state index is 8.68. The fourth-order valence-corrected chi connectivity index (χ4v) is 0.422. The number of halogens is 1. The maximum absolute atomic E-state index is 8.68. The fourth-order valence-electron chi connectivity index (χ4n) is 0.141. The van der Waals surface area contributed by atoms with Crippen LogP contribution in [0, 0.1) is 0 Å². The van der Waals surface area contributed by atoms with Gasteiger partial charge in [-0.1, -0.05) is 0 Å². The second-order valence-electron chi connectivity index (χ2n) is 1.58. The van der Waals surface area contributed by atoms with E-state index in [1.807, 2.05) is 0 Å². The third-order valence-electron chi connectivity index (χ3n) is 0.765. The lowest BCUT2D eigenvalue weighted by molar-refractivity contribution is 0.174. The van der Waals surface area contributed by atoms with E-state index in [1.54, 1.807) is 6.92 Å². The molecule has 0 saturated heterocycles. The summed E-state index contributed by atoms with van der Waals surface area (Å²) in [7, 11) is 0. The summed E-state index contributed by atoms with van der Waals surface area (Å²) in [6, 6.07) is -0.211. The van der Waals surface area contributed by atoms with Crippen LogP contribution in [0.3, 0.4) is 0 Å². The van der Waals surface area contributed by atoms with Crippen molar-refractivity contribution in [2.24, 2.45) is 5.73 Å². The number of aliphatic hydroxyl groups excluding tert-OH is 1. The molecule has 0 aliphatic heterocycles. The molecule has 3 N–H and O–H groups in total. The first-order chi connectivity index (χ1) is 3.18. The van der Waals surface area contributed by atoms with Gasteiger partial charge in [-0.15, -0.1) is 11.6 Å². The molecule has 0 aliphatic rings. The Labute approximate surface area is 48.3 Å². The van der Waals surface area contributed by atoms with Crippen LogP contribution in [0.1, 0.15) is 6.92 Å². The largest absolute Gasteiger partial charge is 0.390 e. The summed E-state index contributed by atoms with van der Waals surface area (Å²) >= 11 is 5.22. The molecule has 0 bridgehead atoms. The Morgan fingerprint density at radius 2 is 2.29 bits per heavy atom. The average molecular weight is 124 g/mol. The van der Waals surface area contributed by atoms with Crippen molar-refractivity contribution in [2.45, 2.75) is 19.1 Å². The molecule has 0 saturated carbocycles. The number of nitrogens with two attached hydrogens (primary N) is 1. The highest BCUT2D eigenvalue weighted by atomic mass is 35.5. The molecule has 7 heavy (non-hydrogen) atoms. The molecule has 0 heterocycles. The molecule has 0 rings (SSSR count). The minimum absolute atomic E-state index is 0.211. The number of aliphatic hydroxyl groups is 1. The first-order valence-corrected chi connectivity index (χ1v) is 2.71. The fraction of sp³-hybridized carbons (Fsp3) is 1.00. The molecule has 2 atom stereocenters. The van der Waals surface area contributed by atoms with Crippen LogP contribution in [0.5, 0.6) is 0 Å². The van der Waals surface area contributed by atoms with E-state index in [0.717, 1.165) is 0 Å². The molecule has 0 fully saturated rings. The highest BCUT2D eigenvalue weighted by Crippen LogP contribution is 1.89. The van der Waals surface area contributed by atoms with Crippen LogP contribution in [-0.4, -0.2) is 23.1 Å². The normalized spacial score (nSPS) is 18.9. The molecule has 2 nitrogen and oxygen atoms in total. The first kappa shape index (κ1) is 7.21. The van der Waals surface area contributed by atoms with Crippen LogP contribution in [-0.2, 0) is 0 Å². The van der Waals surface area contributed by atoms with Gasteiger partial charge in [0.25, 0.3) is 0 Å². The third kappa shape index (κ3) is 2.85. The van der Waals surface area contributed by atoms with Crippen molar-refractivity contribution in [3.05, 3.63) is 0 Å². The molecular formula is C4H10ClNO. The molecule has 0 aliphatic carbocycles. The molecule has 0 spiro atoms. The summed E-state index contributed by atoms with van der Waals surface area (Å²) in [5.41, 5.74) is 5.21. The van der Waals surface area contributed by atoms with Gasteiger partial charge in [0.15, 0.2) is 0 Å². The monoisotopic (exact) mass is 123 g/mol. The highest BCUT2D eigenvalue weighted by Gasteiger charge is 2.05. The van der Waals surface area contributed by atoms with Crippen molar-refractivity contribution in [1.82, 2.24) is 0 Å². The zero-order chi connectivity index (χ0) is 5.86.